The molecule has 0 radical (unpaired) electrons. The monoisotopic (exact) mass is 224 g/mol. The maximum absolute atomic E-state index is 4.19. The molecule has 2 aromatic heterocycles. The van der Waals surface area contributed by atoms with Crippen molar-refractivity contribution < 1.29 is 0 Å². The Kier molecular flexibility index (Phi) is 1.68. The molecule has 12 heavy (non-hydrogen) atoms. The highest BCUT2D eigenvalue weighted by atomic mass is 79.9. The Morgan fingerprint density at radius 3 is 2.92 bits per heavy atom. The number of pyridine rings is 1. The van der Waals surface area contributed by atoms with Crippen LogP contribution in [0.5, 0.6) is 0 Å². The van der Waals surface area contributed by atoms with Crippen molar-refractivity contribution in [2.24, 2.45) is 0 Å². The summed E-state index contributed by atoms with van der Waals surface area (Å²) in [7, 11) is 0. The summed E-state index contributed by atoms with van der Waals surface area (Å²) in [4.78, 5) is 0. The van der Waals surface area contributed by atoms with Crippen molar-refractivity contribution in [1.82, 2.24) is 9.61 Å². The molecule has 0 saturated heterocycles. The van der Waals surface area contributed by atoms with E-state index in [0.717, 1.165) is 9.99 Å². The number of rotatable bonds is 0. The number of aromatic nitrogens is 2. The molecule has 0 fully saturated rings. The second-order valence-electron chi connectivity index (χ2n) is 2.91. The minimum atomic E-state index is 1.06. The van der Waals surface area contributed by atoms with Gasteiger partial charge in [0, 0.05) is 6.20 Å². The summed E-state index contributed by atoms with van der Waals surface area (Å²) in [5.41, 5.74) is 3.74. The lowest BCUT2D eigenvalue weighted by atomic mass is 10.1. The average molecular weight is 225 g/mol. The van der Waals surface area contributed by atoms with E-state index in [4.69, 9.17) is 0 Å². The number of hydrogen-bond acceptors (Lipinski definition) is 1. The van der Waals surface area contributed by atoms with E-state index >= 15 is 0 Å². The fourth-order valence-corrected chi connectivity index (χ4v) is 1.87. The van der Waals surface area contributed by atoms with Crippen LogP contribution in [0.2, 0.25) is 0 Å². The Morgan fingerprint density at radius 1 is 1.42 bits per heavy atom. The Bertz CT molecular complexity index is 431. The van der Waals surface area contributed by atoms with Crippen molar-refractivity contribution in [3.8, 4) is 0 Å². The first-order chi connectivity index (χ1) is 5.70. The smallest absolute Gasteiger partial charge is 0.0835 e. The molecule has 2 nitrogen and oxygen atoms in total. The summed E-state index contributed by atoms with van der Waals surface area (Å²) < 4.78 is 2.94. The number of fused-ring (bicyclic) bond motifs is 1. The summed E-state index contributed by atoms with van der Waals surface area (Å²) in [6, 6.07) is 2.07. The molecule has 0 N–H and O–H groups in total. The maximum atomic E-state index is 4.19. The average Bonchev–Trinajstić information content (AvgIpc) is 2.41. The predicted octanol–water partition coefficient (Wildman–Crippen LogP) is 2.71. The van der Waals surface area contributed by atoms with Crippen LogP contribution >= 0.6 is 15.9 Å². The highest BCUT2D eigenvalue weighted by molar-refractivity contribution is 9.10. The van der Waals surface area contributed by atoms with Gasteiger partial charge in [0.25, 0.3) is 0 Å². The second-order valence-corrected chi connectivity index (χ2v) is 3.76. The van der Waals surface area contributed by atoms with Crippen LogP contribution in [-0.4, -0.2) is 9.61 Å². The van der Waals surface area contributed by atoms with Gasteiger partial charge >= 0.3 is 0 Å². The first kappa shape index (κ1) is 7.80. The normalized spacial score (nSPS) is 10.9. The predicted molar refractivity (Wildman–Crippen MR) is 52.4 cm³/mol. The third-order valence-corrected chi connectivity index (χ3v) is 2.74. The molecule has 0 bridgehead atoms. The van der Waals surface area contributed by atoms with Gasteiger partial charge in [0.2, 0.25) is 0 Å². The van der Waals surface area contributed by atoms with Gasteiger partial charge in [-0.2, -0.15) is 5.10 Å². The van der Waals surface area contributed by atoms with Gasteiger partial charge in [-0.05, 0) is 47.0 Å². The molecule has 0 aromatic carbocycles. The number of aryl methyl sites for hydroxylation is 2. The van der Waals surface area contributed by atoms with Crippen LogP contribution in [0.1, 0.15) is 11.1 Å². The summed E-state index contributed by atoms with van der Waals surface area (Å²) in [5, 5.41) is 4.19. The fraction of sp³-hybridized carbons (Fsp3) is 0.222. The Balaban J connectivity index is 2.96. The SMILES string of the molecule is Cc1ccn2ncc(Br)c2c1C. The van der Waals surface area contributed by atoms with Crippen molar-refractivity contribution in [1.29, 1.82) is 0 Å². The molecule has 2 rings (SSSR count). The van der Waals surface area contributed by atoms with Gasteiger partial charge in [-0.1, -0.05) is 0 Å². The molecule has 3 heteroatoms. The van der Waals surface area contributed by atoms with E-state index in [-0.39, 0.29) is 0 Å². The van der Waals surface area contributed by atoms with E-state index in [1.807, 2.05) is 16.9 Å². The number of hydrogen-bond donors (Lipinski definition) is 0. The summed E-state index contributed by atoms with van der Waals surface area (Å²) in [6.07, 6.45) is 3.80. The van der Waals surface area contributed by atoms with Gasteiger partial charge in [0.05, 0.1) is 16.2 Å². The molecule has 0 atom stereocenters. The number of nitrogens with zero attached hydrogens (tertiary/aromatic N) is 2. The van der Waals surface area contributed by atoms with E-state index < -0.39 is 0 Å². The van der Waals surface area contributed by atoms with Gasteiger partial charge in [-0.3, -0.25) is 0 Å². The third kappa shape index (κ3) is 0.966. The second kappa shape index (κ2) is 2.59. The molecule has 0 spiro atoms. The van der Waals surface area contributed by atoms with Crippen molar-refractivity contribution >= 4 is 21.4 Å². The first-order valence-electron chi connectivity index (χ1n) is 3.79. The van der Waals surface area contributed by atoms with Crippen molar-refractivity contribution in [3.63, 3.8) is 0 Å². The zero-order valence-corrected chi connectivity index (χ0v) is 8.59. The topological polar surface area (TPSA) is 17.3 Å². The van der Waals surface area contributed by atoms with Crippen LogP contribution in [0.3, 0.4) is 0 Å². The Morgan fingerprint density at radius 2 is 2.17 bits per heavy atom. The van der Waals surface area contributed by atoms with Gasteiger partial charge in [-0.15, -0.1) is 0 Å². The summed E-state index contributed by atoms with van der Waals surface area (Å²) in [6.45, 7) is 4.21. The first-order valence-corrected chi connectivity index (χ1v) is 4.58. The summed E-state index contributed by atoms with van der Waals surface area (Å²) >= 11 is 3.47. The quantitative estimate of drug-likeness (QED) is 0.673. The largest absolute Gasteiger partial charge is 0.240 e. The molecule has 0 unspecified atom stereocenters. The van der Waals surface area contributed by atoms with Gasteiger partial charge in [0.15, 0.2) is 0 Å². The summed E-state index contributed by atoms with van der Waals surface area (Å²) in [5.74, 6) is 0. The molecule has 62 valence electrons. The highest BCUT2D eigenvalue weighted by Crippen LogP contribution is 2.22. The molecule has 0 saturated carbocycles. The molecule has 0 aliphatic heterocycles. The van der Waals surface area contributed by atoms with Crippen LogP contribution in [-0.2, 0) is 0 Å². The lowest BCUT2D eigenvalue weighted by Gasteiger charge is -2.01. The van der Waals surface area contributed by atoms with E-state index in [1.54, 1.807) is 0 Å². The molecule has 0 aliphatic rings. The highest BCUT2D eigenvalue weighted by Gasteiger charge is 2.04. The fourth-order valence-electron chi connectivity index (χ4n) is 1.30. The molecular weight excluding hydrogens is 216 g/mol. The Hall–Kier alpha value is -0.830. The Labute approximate surface area is 79.3 Å². The van der Waals surface area contributed by atoms with Crippen LogP contribution in [0.15, 0.2) is 22.9 Å². The number of halogens is 1. The van der Waals surface area contributed by atoms with Gasteiger partial charge in [0.1, 0.15) is 0 Å². The van der Waals surface area contributed by atoms with E-state index in [0.29, 0.717) is 0 Å². The molecule has 2 aromatic rings. The molecule has 0 aliphatic carbocycles. The lowest BCUT2D eigenvalue weighted by Crippen LogP contribution is -1.90. The standard InChI is InChI=1S/C9H9BrN2/c1-6-3-4-12-9(7(6)2)8(10)5-11-12/h3-5H,1-2H3. The lowest BCUT2D eigenvalue weighted by molar-refractivity contribution is 0.951. The third-order valence-electron chi connectivity index (χ3n) is 2.16. The zero-order valence-electron chi connectivity index (χ0n) is 7.00. The van der Waals surface area contributed by atoms with E-state index in [9.17, 15) is 0 Å². The van der Waals surface area contributed by atoms with Crippen molar-refractivity contribution in [2.75, 3.05) is 0 Å². The van der Waals surface area contributed by atoms with Gasteiger partial charge < -0.3 is 0 Å². The van der Waals surface area contributed by atoms with E-state index in [2.05, 4.69) is 40.9 Å². The van der Waals surface area contributed by atoms with Crippen molar-refractivity contribution in [2.45, 2.75) is 13.8 Å². The van der Waals surface area contributed by atoms with Crippen LogP contribution in [0.25, 0.3) is 5.52 Å². The van der Waals surface area contributed by atoms with E-state index in [1.165, 1.54) is 11.1 Å². The minimum Gasteiger partial charge on any atom is -0.240 e. The molecule has 2 heterocycles. The minimum absolute atomic E-state index is 1.06. The zero-order chi connectivity index (χ0) is 8.72. The van der Waals surface area contributed by atoms with Crippen molar-refractivity contribution in [3.05, 3.63) is 34.1 Å². The molecule has 0 amide bonds. The van der Waals surface area contributed by atoms with Crippen LogP contribution in [0, 0.1) is 13.8 Å². The molecular formula is C9H9BrN2. The van der Waals surface area contributed by atoms with Crippen LogP contribution < -0.4 is 0 Å². The van der Waals surface area contributed by atoms with Crippen LogP contribution in [0.4, 0.5) is 0 Å². The van der Waals surface area contributed by atoms with Gasteiger partial charge in [-0.25, -0.2) is 4.52 Å². The maximum Gasteiger partial charge on any atom is 0.0835 e.